The van der Waals surface area contributed by atoms with E-state index in [4.69, 9.17) is 0 Å². The second kappa shape index (κ2) is 9.01. The summed E-state index contributed by atoms with van der Waals surface area (Å²) in [5.74, 6) is 1.41. The van der Waals surface area contributed by atoms with Crippen LogP contribution in [0.4, 0.5) is 0 Å². The molecule has 0 radical (unpaired) electrons. The van der Waals surface area contributed by atoms with Crippen LogP contribution < -0.4 is 5.32 Å². The highest BCUT2D eigenvalue weighted by Crippen LogP contribution is 2.18. The van der Waals surface area contributed by atoms with E-state index >= 15 is 0 Å². The van der Waals surface area contributed by atoms with Crippen LogP contribution in [0, 0.1) is 5.92 Å². The van der Waals surface area contributed by atoms with Crippen molar-refractivity contribution in [2.24, 2.45) is 5.92 Å². The van der Waals surface area contributed by atoms with E-state index < -0.39 is 0 Å². The number of likely N-dealkylation sites (tertiary alicyclic amines) is 1. The fraction of sp³-hybridized carbons (Fsp3) is 0.348. The molecule has 0 aliphatic carbocycles. The largest absolute Gasteiger partial charge is 0.348 e. The molecule has 4 rings (SSSR count). The molecule has 1 N–H and O–H groups in total. The van der Waals surface area contributed by atoms with Gasteiger partial charge in [0, 0.05) is 31.7 Å². The van der Waals surface area contributed by atoms with Crippen molar-refractivity contribution in [3.63, 3.8) is 0 Å². The van der Waals surface area contributed by atoms with E-state index in [9.17, 15) is 4.79 Å². The predicted molar refractivity (Wildman–Crippen MR) is 113 cm³/mol. The quantitative estimate of drug-likeness (QED) is 0.702. The molecule has 1 aromatic carbocycles. The third-order valence-electron chi connectivity index (χ3n) is 5.51. The lowest BCUT2D eigenvalue weighted by atomic mass is 9.99. The first-order valence-corrected chi connectivity index (χ1v) is 10.2. The van der Waals surface area contributed by atoms with Crippen LogP contribution in [0.1, 0.15) is 41.3 Å². The van der Waals surface area contributed by atoms with Gasteiger partial charge in [-0.1, -0.05) is 31.2 Å². The maximum Gasteiger partial charge on any atom is 0.253 e. The number of hydrogen-bond acceptors (Lipinski definition) is 4. The van der Waals surface area contributed by atoms with Gasteiger partial charge in [0.15, 0.2) is 5.82 Å². The van der Waals surface area contributed by atoms with Crippen LogP contribution in [0.3, 0.4) is 0 Å². The molecule has 0 unspecified atom stereocenters. The summed E-state index contributed by atoms with van der Waals surface area (Å²) < 4.78 is 1.66. The Bertz CT molecular complexity index is 911. The van der Waals surface area contributed by atoms with E-state index in [-0.39, 0.29) is 5.91 Å². The molecule has 0 spiro atoms. The predicted octanol–water partition coefficient (Wildman–Crippen LogP) is 3.43. The second-order valence-corrected chi connectivity index (χ2v) is 7.81. The summed E-state index contributed by atoms with van der Waals surface area (Å²) in [4.78, 5) is 19.2. The zero-order valence-electron chi connectivity index (χ0n) is 16.8. The minimum atomic E-state index is -0.129. The molecule has 3 aromatic rings. The SMILES string of the molecule is CC1CCN(Cc2ccc(CNC(=O)c3ccc(-n4cccn4)nc3)cc2)CC1. The van der Waals surface area contributed by atoms with Gasteiger partial charge in [-0.2, -0.15) is 5.10 Å². The molecule has 29 heavy (non-hydrogen) atoms. The Kier molecular flexibility index (Phi) is 6.00. The summed E-state index contributed by atoms with van der Waals surface area (Å²) in [6.45, 7) is 6.22. The van der Waals surface area contributed by atoms with Crippen LogP contribution in [-0.4, -0.2) is 38.7 Å². The number of piperidine rings is 1. The summed E-state index contributed by atoms with van der Waals surface area (Å²) >= 11 is 0. The number of nitrogens with one attached hydrogen (secondary N) is 1. The Labute approximate surface area is 171 Å². The van der Waals surface area contributed by atoms with Crippen molar-refractivity contribution < 1.29 is 4.79 Å². The highest BCUT2D eigenvalue weighted by Gasteiger charge is 2.15. The van der Waals surface area contributed by atoms with Gasteiger partial charge in [0.25, 0.3) is 5.91 Å². The first kappa shape index (κ1) is 19.3. The van der Waals surface area contributed by atoms with Crippen LogP contribution in [0.2, 0.25) is 0 Å². The van der Waals surface area contributed by atoms with Gasteiger partial charge in [-0.3, -0.25) is 9.69 Å². The van der Waals surface area contributed by atoms with E-state index in [0.717, 1.165) is 18.0 Å². The lowest BCUT2D eigenvalue weighted by Gasteiger charge is -2.30. The minimum Gasteiger partial charge on any atom is -0.348 e. The van der Waals surface area contributed by atoms with Gasteiger partial charge < -0.3 is 5.32 Å². The molecule has 0 saturated carbocycles. The summed E-state index contributed by atoms with van der Waals surface area (Å²) in [5.41, 5.74) is 2.96. The smallest absolute Gasteiger partial charge is 0.253 e. The van der Waals surface area contributed by atoms with Crippen molar-refractivity contribution in [1.82, 2.24) is 25.0 Å². The molecule has 6 nitrogen and oxygen atoms in total. The molecule has 2 aromatic heterocycles. The Morgan fingerprint density at radius 3 is 2.52 bits per heavy atom. The Balaban J connectivity index is 1.28. The molecule has 0 atom stereocenters. The number of nitrogens with zero attached hydrogens (tertiary/aromatic N) is 4. The highest BCUT2D eigenvalue weighted by atomic mass is 16.1. The van der Waals surface area contributed by atoms with Gasteiger partial charge in [-0.25, -0.2) is 9.67 Å². The summed E-state index contributed by atoms with van der Waals surface area (Å²) in [7, 11) is 0. The number of aromatic nitrogens is 3. The van der Waals surface area contributed by atoms with E-state index in [1.165, 1.54) is 31.5 Å². The highest BCUT2D eigenvalue weighted by molar-refractivity contribution is 5.93. The molecule has 1 fully saturated rings. The van der Waals surface area contributed by atoms with Crippen LogP contribution in [0.15, 0.2) is 61.1 Å². The van der Waals surface area contributed by atoms with Crippen LogP contribution in [-0.2, 0) is 13.1 Å². The standard InChI is InChI=1S/C23H27N5O/c1-18-9-13-27(14-10-18)17-20-5-3-19(4-6-20)15-25-23(29)21-7-8-22(24-16-21)28-12-2-11-26-28/h2-8,11-12,16,18H,9-10,13-15,17H2,1H3,(H,25,29). The number of rotatable bonds is 6. The molecule has 1 saturated heterocycles. The third kappa shape index (κ3) is 5.09. The first-order chi connectivity index (χ1) is 14.2. The van der Waals surface area contributed by atoms with Crippen molar-refractivity contribution in [1.29, 1.82) is 0 Å². The van der Waals surface area contributed by atoms with Crippen molar-refractivity contribution in [2.75, 3.05) is 13.1 Å². The van der Waals surface area contributed by atoms with E-state index in [0.29, 0.717) is 17.9 Å². The Morgan fingerprint density at radius 1 is 1.10 bits per heavy atom. The molecular formula is C23H27N5O. The van der Waals surface area contributed by atoms with Gasteiger partial charge in [-0.15, -0.1) is 0 Å². The number of pyridine rings is 1. The monoisotopic (exact) mass is 389 g/mol. The molecule has 6 heteroatoms. The second-order valence-electron chi connectivity index (χ2n) is 7.81. The fourth-order valence-corrected chi connectivity index (χ4v) is 3.59. The first-order valence-electron chi connectivity index (χ1n) is 10.2. The maximum atomic E-state index is 12.4. The van der Waals surface area contributed by atoms with Gasteiger partial charge >= 0.3 is 0 Å². The zero-order valence-corrected chi connectivity index (χ0v) is 16.8. The molecule has 3 heterocycles. The normalized spacial score (nSPS) is 15.3. The summed E-state index contributed by atoms with van der Waals surface area (Å²) in [5, 5.41) is 7.10. The van der Waals surface area contributed by atoms with Crippen LogP contribution >= 0.6 is 0 Å². The average Bonchev–Trinajstić information content (AvgIpc) is 3.30. The van der Waals surface area contributed by atoms with Crippen molar-refractivity contribution in [3.8, 4) is 5.82 Å². The van der Waals surface area contributed by atoms with Crippen LogP contribution in [0.25, 0.3) is 5.82 Å². The van der Waals surface area contributed by atoms with Gasteiger partial charge in [0.05, 0.1) is 5.56 Å². The Hall–Kier alpha value is -2.99. The average molecular weight is 390 g/mol. The van der Waals surface area contributed by atoms with E-state index in [1.54, 1.807) is 29.2 Å². The van der Waals surface area contributed by atoms with Gasteiger partial charge in [0.2, 0.25) is 0 Å². The Morgan fingerprint density at radius 2 is 1.86 bits per heavy atom. The van der Waals surface area contributed by atoms with Gasteiger partial charge in [0.1, 0.15) is 0 Å². The summed E-state index contributed by atoms with van der Waals surface area (Å²) in [6, 6.07) is 13.9. The number of carbonyl (C=O) groups excluding carboxylic acids is 1. The number of carbonyl (C=O) groups is 1. The topological polar surface area (TPSA) is 63.1 Å². The summed E-state index contributed by atoms with van der Waals surface area (Å²) in [6.07, 6.45) is 7.68. The minimum absolute atomic E-state index is 0.129. The maximum absolute atomic E-state index is 12.4. The molecule has 1 amide bonds. The van der Waals surface area contributed by atoms with Crippen molar-refractivity contribution >= 4 is 5.91 Å². The van der Waals surface area contributed by atoms with E-state index in [1.807, 2.05) is 12.3 Å². The molecular weight excluding hydrogens is 362 g/mol. The fourth-order valence-electron chi connectivity index (χ4n) is 3.59. The van der Waals surface area contributed by atoms with Gasteiger partial charge in [-0.05, 0) is 61.2 Å². The van der Waals surface area contributed by atoms with Crippen LogP contribution in [0.5, 0.6) is 0 Å². The number of amides is 1. The molecule has 1 aliphatic rings. The molecule has 0 bridgehead atoms. The van der Waals surface area contributed by atoms with E-state index in [2.05, 4.69) is 51.5 Å². The lowest BCUT2D eigenvalue weighted by molar-refractivity contribution is 0.0950. The zero-order chi connectivity index (χ0) is 20.1. The lowest BCUT2D eigenvalue weighted by Crippen LogP contribution is -2.32. The van der Waals surface area contributed by atoms with Crippen molar-refractivity contribution in [3.05, 3.63) is 77.7 Å². The molecule has 150 valence electrons. The number of hydrogen-bond donors (Lipinski definition) is 1. The van der Waals surface area contributed by atoms with Crippen molar-refractivity contribution in [2.45, 2.75) is 32.9 Å². The number of benzene rings is 1. The molecule has 1 aliphatic heterocycles. The third-order valence-corrected chi connectivity index (χ3v) is 5.51.